The van der Waals surface area contributed by atoms with Crippen LogP contribution in [0.15, 0.2) is 30.3 Å². The zero-order chi connectivity index (χ0) is 12.0. The number of hydrogen-bond donors (Lipinski definition) is 2. The maximum Gasteiger partial charge on any atom is 0.222 e. The number of carbonyl (C=O) groups excluding carboxylic acids is 1. The van der Waals surface area contributed by atoms with Crippen molar-refractivity contribution in [1.82, 2.24) is 5.32 Å². The second-order valence-electron chi connectivity index (χ2n) is 4.10. The lowest BCUT2D eigenvalue weighted by molar-refractivity contribution is -0.122. The third-order valence-electron chi connectivity index (χ3n) is 2.65. The molecule has 3 heteroatoms. The van der Waals surface area contributed by atoms with Gasteiger partial charge in [0, 0.05) is 18.5 Å². The summed E-state index contributed by atoms with van der Waals surface area (Å²) < 4.78 is 0. The van der Waals surface area contributed by atoms with Gasteiger partial charge in [-0.05, 0) is 18.9 Å². The molecule has 1 aromatic carbocycles. The Labute approximate surface area is 97.0 Å². The molecule has 0 saturated heterocycles. The molecule has 1 rings (SSSR count). The van der Waals surface area contributed by atoms with Crippen LogP contribution in [-0.4, -0.2) is 11.9 Å². The van der Waals surface area contributed by atoms with Gasteiger partial charge in [0.05, 0.1) is 0 Å². The van der Waals surface area contributed by atoms with Crippen molar-refractivity contribution in [3.63, 3.8) is 0 Å². The fraction of sp³-hybridized carbons (Fsp3) is 0.462. The molecule has 0 saturated carbocycles. The van der Waals surface area contributed by atoms with Crippen LogP contribution in [0.25, 0.3) is 0 Å². The van der Waals surface area contributed by atoms with E-state index < -0.39 is 0 Å². The largest absolute Gasteiger partial charge is 0.354 e. The number of nitrogens with one attached hydrogen (secondary N) is 1. The summed E-state index contributed by atoms with van der Waals surface area (Å²) in [7, 11) is 0. The molecule has 2 atom stereocenters. The summed E-state index contributed by atoms with van der Waals surface area (Å²) >= 11 is 0. The van der Waals surface area contributed by atoms with Crippen molar-refractivity contribution in [3.05, 3.63) is 35.9 Å². The second-order valence-corrected chi connectivity index (χ2v) is 4.10. The van der Waals surface area contributed by atoms with Gasteiger partial charge >= 0.3 is 0 Å². The van der Waals surface area contributed by atoms with Crippen LogP contribution in [0.1, 0.15) is 38.3 Å². The lowest BCUT2D eigenvalue weighted by atomic mass is 10.0. The zero-order valence-corrected chi connectivity index (χ0v) is 9.94. The summed E-state index contributed by atoms with van der Waals surface area (Å²) in [6.45, 7) is 4.04. The van der Waals surface area contributed by atoms with E-state index in [0.717, 1.165) is 12.0 Å². The first-order valence-electron chi connectivity index (χ1n) is 5.73. The monoisotopic (exact) mass is 220 g/mol. The van der Waals surface area contributed by atoms with Crippen molar-refractivity contribution in [2.24, 2.45) is 5.73 Å². The van der Waals surface area contributed by atoms with E-state index in [9.17, 15) is 4.79 Å². The molecule has 1 amide bonds. The average molecular weight is 220 g/mol. The van der Waals surface area contributed by atoms with Crippen LogP contribution in [0.5, 0.6) is 0 Å². The Bertz CT molecular complexity index is 324. The summed E-state index contributed by atoms with van der Waals surface area (Å²) in [6.07, 6.45) is 1.28. The molecule has 88 valence electrons. The van der Waals surface area contributed by atoms with Gasteiger partial charge in [-0.25, -0.2) is 0 Å². The topological polar surface area (TPSA) is 55.1 Å². The summed E-state index contributed by atoms with van der Waals surface area (Å²) in [5, 5.41) is 2.91. The Kier molecular flexibility index (Phi) is 4.99. The molecule has 0 unspecified atom stereocenters. The zero-order valence-electron chi connectivity index (χ0n) is 9.94. The van der Waals surface area contributed by atoms with E-state index in [1.807, 2.05) is 44.2 Å². The summed E-state index contributed by atoms with van der Waals surface area (Å²) in [4.78, 5) is 11.6. The molecule has 16 heavy (non-hydrogen) atoms. The fourth-order valence-electron chi connectivity index (χ4n) is 1.45. The number of carbonyl (C=O) groups is 1. The number of benzene rings is 1. The minimum Gasteiger partial charge on any atom is -0.354 e. The summed E-state index contributed by atoms with van der Waals surface area (Å²) in [5.41, 5.74) is 6.95. The van der Waals surface area contributed by atoms with E-state index in [2.05, 4.69) is 5.32 Å². The predicted octanol–water partition coefficient (Wildman–Crippen LogP) is 1.99. The van der Waals surface area contributed by atoms with Crippen LogP contribution in [-0.2, 0) is 4.79 Å². The van der Waals surface area contributed by atoms with Crippen LogP contribution < -0.4 is 11.1 Å². The van der Waals surface area contributed by atoms with E-state index in [4.69, 9.17) is 5.73 Å². The van der Waals surface area contributed by atoms with Gasteiger partial charge in [-0.2, -0.15) is 0 Å². The molecule has 0 aromatic heterocycles. The summed E-state index contributed by atoms with van der Waals surface area (Å²) in [5.74, 6) is 0.0192. The number of amides is 1. The number of hydrogen-bond acceptors (Lipinski definition) is 2. The first-order chi connectivity index (χ1) is 7.63. The normalized spacial score (nSPS) is 14.2. The molecule has 0 aliphatic carbocycles. The Morgan fingerprint density at radius 2 is 2.00 bits per heavy atom. The maximum atomic E-state index is 11.6. The van der Waals surface area contributed by atoms with Crippen molar-refractivity contribution in [1.29, 1.82) is 0 Å². The molecule has 1 aromatic rings. The molecule has 0 bridgehead atoms. The lowest BCUT2D eigenvalue weighted by Gasteiger charge is -2.15. The Balaban J connectivity index is 2.46. The molecule has 0 aliphatic heterocycles. The van der Waals surface area contributed by atoms with Gasteiger partial charge in [0.1, 0.15) is 0 Å². The van der Waals surface area contributed by atoms with Crippen LogP contribution in [0.4, 0.5) is 0 Å². The SMILES string of the molecule is CC[C@H](C)NC(=O)C[C@@H](N)c1ccccc1. The van der Waals surface area contributed by atoms with E-state index in [1.165, 1.54) is 0 Å². The third-order valence-corrected chi connectivity index (χ3v) is 2.65. The van der Waals surface area contributed by atoms with Gasteiger partial charge in [-0.15, -0.1) is 0 Å². The minimum absolute atomic E-state index is 0.0192. The molecular weight excluding hydrogens is 200 g/mol. The standard InChI is InChI=1S/C13H20N2O/c1-3-10(2)15-13(16)9-12(14)11-7-5-4-6-8-11/h4-8,10,12H,3,9,14H2,1-2H3,(H,15,16)/t10-,12+/m0/s1. The van der Waals surface area contributed by atoms with Crippen molar-refractivity contribution in [2.75, 3.05) is 0 Å². The van der Waals surface area contributed by atoms with Crippen molar-refractivity contribution in [3.8, 4) is 0 Å². The van der Waals surface area contributed by atoms with Crippen molar-refractivity contribution < 1.29 is 4.79 Å². The lowest BCUT2D eigenvalue weighted by Crippen LogP contribution is -2.34. The molecular formula is C13H20N2O. The van der Waals surface area contributed by atoms with Gasteiger partial charge < -0.3 is 11.1 Å². The van der Waals surface area contributed by atoms with Crippen LogP contribution in [0, 0.1) is 0 Å². The van der Waals surface area contributed by atoms with Crippen molar-refractivity contribution in [2.45, 2.75) is 38.8 Å². The fourth-order valence-corrected chi connectivity index (χ4v) is 1.45. The van der Waals surface area contributed by atoms with E-state index in [-0.39, 0.29) is 18.0 Å². The van der Waals surface area contributed by atoms with Gasteiger partial charge in [0.15, 0.2) is 0 Å². The highest BCUT2D eigenvalue weighted by molar-refractivity contribution is 5.77. The molecule has 3 nitrogen and oxygen atoms in total. The quantitative estimate of drug-likeness (QED) is 0.797. The van der Waals surface area contributed by atoms with Gasteiger partial charge in [0.2, 0.25) is 5.91 Å². The highest BCUT2D eigenvalue weighted by atomic mass is 16.1. The van der Waals surface area contributed by atoms with E-state index in [0.29, 0.717) is 6.42 Å². The average Bonchev–Trinajstić information content (AvgIpc) is 2.29. The smallest absolute Gasteiger partial charge is 0.222 e. The first-order valence-corrected chi connectivity index (χ1v) is 5.73. The molecule has 0 spiro atoms. The Hall–Kier alpha value is -1.35. The number of nitrogens with two attached hydrogens (primary N) is 1. The molecule has 3 N–H and O–H groups in total. The molecule has 0 heterocycles. The molecule has 0 radical (unpaired) electrons. The van der Waals surface area contributed by atoms with Gasteiger partial charge in [-0.1, -0.05) is 37.3 Å². The van der Waals surface area contributed by atoms with Crippen LogP contribution >= 0.6 is 0 Å². The first kappa shape index (κ1) is 12.7. The Morgan fingerprint density at radius 3 is 2.56 bits per heavy atom. The van der Waals surface area contributed by atoms with Crippen molar-refractivity contribution >= 4 is 5.91 Å². The van der Waals surface area contributed by atoms with Crippen LogP contribution in [0.3, 0.4) is 0 Å². The van der Waals surface area contributed by atoms with E-state index >= 15 is 0 Å². The van der Waals surface area contributed by atoms with Crippen LogP contribution in [0.2, 0.25) is 0 Å². The Morgan fingerprint density at radius 1 is 1.38 bits per heavy atom. The highest BCUT2D eigenvalue weighted by Crippen LogP contribution is 2.12. The summed E-state index contributed by atoms with van der Waals surface area (Å²) in [6, 6.07) is 9.70. The third kappa shape index (κ3) is 4.03. The van der Waals surface area contributed by atoms with Gasteiger partial charge in [-0.3, -0.25) is 4.79 Å². The van der Waals surface area contributed by atoms with Gasteiger partial charge in [0.25, 0.3) is 0 Å². The van der Waals surface area contributed by atoms with E-state index in [1.54, 1.807) is 0 Å². The highest BCUT2D eigenvalue weighted by Gasteiger charge is 2.12. The minimum atomic E-state index is -0.217. The second kappa shape index (κ2) is 6.28. The molecule has 0 aliphatic rings. The maximum absolute atomic E-state index is 11.6. The predicted molar refractivity (Wildman–Crippen MR) is 65.9 cm³/mol. The molecule has 0 fully saturated rings. The number of rotatable bonds is 5.